The highest BCUT2D eigenvalue weighted by Gasteiger charge is 2.25. The zero-order chi connectivity index (χ0) is 23.2. The number of azide groups is 1. The molecule has 0 aromatic heterocycles. The van der Waals surface area contributed by atoms with Gasteiger partial charge in [-0.05, 0) is 50.3 Å². The summed E-state index contributed by atoms with van der Waals surface area (Å²) in [4.78, 5) is 37.2. The molecule has 0 heterocycles. The van der Waals surface area contributed by atoms with Gasteiger partial charge >= 0.3 is 5.97 Å². The van der Waals surface area contributed by atoms with E-state index in [1.165, 1.54) is 6.07 Å². The second kappa shape index (κ2) is 13.8. The summed E-state index contributed by atoms with van der Waals surface area (Å²) in [6.07, 6.45) is 0.899. The van der Waals surface area contributed by atoms with Gasteiger partial charge in [0, 0.05) is 30.8 Å². The number of nitrogens with zero attached hydrogens (tertiary/aromatic N) is 4. The monoisotopic (exact) mass is 435 g/mol. The molecule has 0 bridgehead atoms. The topological polar surface area (TPSA) is 157 Å². The van der Waals surface area contributed by atoms with E-state index in [4.69, 9.17) is 15.0 Å². The van der Waals surface area contributed by atoms with Crippen molar-refractivity contribution < 1.29 is 24.0 Å². The molecule has 11 heteroatoms. The maximum atomic E-state index is 12.0. The lowest BCUT2D eigenvalue weighted by Gasteiger charge is -2.17. The van der Waals surface area contributed by atoms with Crippen LogP contribution in [-0.4, -0.2) is 36.5 Å². The Bertz CT molecular complexity index is 823. The number of hydrogen-bond acceptors (Lipinski definition) is 7. The summed E-state index contributed by atoms with van der Waals surface area (Å²) < 4.78 is 11.0. The Morgan fingerprint density at radius 1 is 1.29 bits per heavy atom. The van der Waals surface area contributed by atoms with Crippen LogP contribution < -0.4 is 10.1 Å². The Morgan fingerprint density at radius 2 is 2.03 bits per heavy atom. The lowest BCUT2D eigenvalue weighted by atomic mass is 10.0. The molecule has 11 nitrogen and oxygen atoms in total. The minimum atomic E-state index is -0.829. The summed E-state index contributed by atoms with van der Waals surface area (Å²) in [7, 11) is 0. The minimum absolute atomic E-state index is 0.0462. The lowest BCUT2D eigenvalue weighted by Crippen LogP contribution is -2.22. The van der Waals surface area contributed by atoms with Crippen molar-refractivity contribution in [3.05, 3.63) is 43.8 Å². The summed E-state index contributed by atoms with van der Waals surface area (Å²) in [5, 5.41) is 17.7. The smallest absolute Gasteiger partial charge is 0.306 e. The number of amides is 1. The average Bonchev–Trinajstić information content (AvgIpc) is 2.73. The van der Waals surface area contributed by atoms with Crippen molar-refractivity contribution >= 4 is 17.6 Å². The molecular weight excluding hydrogens is 406 g/mol. The van der Waals surface area contributed by atoms with Crippen LogP contribution in [0.4, 0.5) is 5.69 Å². The van der Waals surface area contributed by atoms with Crippen LogP contribution in [0.15, 0.2) is 17.2 Å². The zero-order valence-electron chi connectivity index (χ0n) is 18.1. The number of carbonyl (C=O) groups is 2. The maximum absolute atomic E-state index is 12.0. The molecule has 1 rings (SSSR count). The Labute approximate surface area is 180 Å². The van der Waals surface area contributed by atoms with E-state index in [0.717, 1.165) is 5.56 Å². The molecule has 1 atom stereocenters. The quantitative estimate of drug-likeness (QED) is 0.0879. The molecule has 0 spiro atoms. The Hall–Kier alpha value is -3.33. The molecule has 0 aliphatic carbocycles. The minimum Gasteiger partial charge on any atom is -0.493 e. The highest BCUT2D eigenvalue weighted by molar-refractivity contribution is 5.75. The van der Waals surface area contributed by atoms with Crippen LogP contribution in [-0.2, 0) is 20.7 Å². The van der Waals surface area contributed by atoms with Gasteiger partial charge in [0.15, 0.2) is 0 Å². The van der Waals surface area contributed by atoms with Crippen LogP contribution in [0.1, 0.15) is 63.7 Å². The molecule has 170 valence electrons. The van der Waals surface area contributed by atoms with Gasteiger partial charge in [0.1, 0.15) is 11.9 Å². The Morgan fingerprint density at radius 3 is 2.65 bits per heavy atom. The SMILES string of the molecule is CCNC(=O)CCCOc1cc([N+](=O)[O-])c(C(C)OC(=O)CCCN=[N+]=[N-])cc1CC. The largest absolute Gasteiger partial charge is 0.493 e. The number of ether oxygens (including phenoxy) is 2. The van der Waals surface area contributed by atoms with Crippen LogP contribution in [0, 0.1) is 10.1 Å². The van der Waals surface area contributed by atoms with Gasteiger partial charge in [-0.25, -0.2) is 0 Å². The number of aryl methyl sites for hydroxylation is 1. The van der Waals surface area contributed by atoms with E-state index in [-0.39, 0.29) is 36.7 Å². The average molecular weight is 435 g/mol. The van der Waals surface area contributed by atoms with Gasteiger partial charge in [-0.2, -0.15) is 0 Å². The Balaban J connectivity index is 2.89. The van der Waals surface area contributed by atoms with Crippen LogP contribution in [0.2, 0.25) is 0 Å². The standard InChI is InChI=1S/C20H29N5O6/c1-4-15-12-16(14(3)31-20(27)9-6-10-23-24-21)17(25(28)29)13-18(15)30-11-7-8-19(26)22-5-2/h12-14H,4-11H2,1-3H3,(H,22,26). The first-order chi connectivity index (χ1) is 14.8. The first kappa shape index (κ1) is 25.7. The highest BCUT2D eigenvalue weighted by Crippen LogP contribution is 2.35. The van der Waals surface area contributed by atoms with Crippen molar-refractivity contribution in [2.24, 2.45) is 5.11 Å². The number of esters is 1. The van der Waals surface area contributed by atoms with Crippen molar-refractivity contribution in [3.63, 3.8) is 0 Å². The first-order valence-corrected chi connectivity index (χ1v) is 10.2. The number of nitrogens with one attached hydrogen (secondary N) is 1. The second-order valence-corrected chi connectivity index (χ2v) is 6.73. The number of carbonyl (C=O) groups excluding carboxylic acids is 2. The molecule has 0 radical (unpaired) electrons. The number of hydrogen-bond donors (Lipinski definition) is 1. The van der Waals surface area contributed by atoms with Gasteiger partial charge in [0.25, 0.3) is 5.69 Å². The van der Waals surface area contributed by atoms with Gasteiger partial charge in [0.05, 0.1) is 23.2 Å². The van der Waals surface area contributed by atoms with Crippen molar-refractivity contribution in [2.75, 3.05) is 19.7 Å². The molecule has 1 N–H and O–H groups in total. The Kier molecular flexibility index (Phi) is 11.5. The lowest BCUT2D eigenvalue weighted by molar-refractivity contribution is -0.386. The third kappa shape index (κ3) is 8.91. The summed E-state index contributed by atoms with van der Waals surface area (Å²) in [5.74, 6) is -0.223. The molecular formula is C20H29N5O6. The van der Waals surface area contributed by atoms with Crippen LogP contribution in [0.5, 0.6) is 5.75 Å². The van der Waals surface area contributed by atoms with E-state index in [1.807, 2.05) is 13.8 Å². The zero-order valence-corrected chi connectivity index (χ0v) is 18.1. The number of nitro benzene ring substituents is 1. The molecule has 31 heavy (non-hydrogen) atoms. The summed E-state index contributed by atoms with van der Waals surface area (Å²) in [5.41, 5.74) is 9.06. The van der Waals surface area contributed by atoms with E-state index < -0.39 is 17.0 Å². The van der Waals surface area contributed by atoms with E-state index >= 15 is 0 Å². The molecule has 1 amide bonds. The fraction of sp³-hybridized carbons (Fsp3) is 0.600. The molecule has 0 saturated carbocycles. The molecule has 0 aliphatic heterocycles. The van der Waals surface area contributed by atoms with Gasteiger partial charge in [-0.3, -0.25) is 19.7 Å². The van der Waals surface area contributed by atoms with E-state index in [2.05, 4.69) is 15.3 Å². The van der Waals surface area contributed by atoms with Crippen molar-refractivity contribution in [2.45, 2.75) is 59.0 Å². The predicted molar refractivity (Wildman–Crippen MR) is 114 cm³/mol. The molecule has 0 saturated heterocycles. The number of nitro groups is 1. The molecule has 1 aromatic carbocycles. The fourth-order valence-electron chi connectivity index (χ4n) is 2.89. The molecule has 1 aromatic rings. The van der Waals surface area contributed by atoms with Gasteiger partial charge in [-0.15, -0.1) is 0 Å². The second-order valence-electron chi connectivity index (χ2n) is 6.73. The summed E-state index contributed by atoms with van der Waals surface area (Å²) >= 11 is 0. The van der Waals surface area contributed by atoms with Gasteiger partial charge in [-0.1, -0.05) is 12.0 Å². The number of rotatable bonds is 14. The first-order valence-electron chi connectivity index (χ1n) is 10.2. The van der Waals surface area contributed by atoms with Crippen molar-refractivity contribution in [3.8, 4) is 5.75 Å². The van der Waals surface area contributed by atoms with Gasteiger partial charge < -0.3 is 14.8 Å². The van der Waals surface area contributed by atoms with Crippen molar-refractivity contribution in [1.29, 1.82) is 0 Å². The normalized spacial score (nSPS) is 11.2. The maximum Gasteiger partial charge on any atom is 0.306 e. The van der Waals surface area contributed by atoms with Crippen LogP contribution in [0.3, 0.4) is 0 Å². The number of benzene rings is 1. The summed E-state index contributed by atoms with van der Waals surface area (Å²) in [6, 6.07) is 2.96. The van der Waals surface area contributed by atoms with E-state index in [0.29, 0.717) is 38.0 Å². The van der Waals surface area contributed by atoms with Crippen LogP contribution in [0.25, 0.3) is 10.4 Å². The molecule has 0 fully saturated rings. The molecule has 1 unspecified atom stereocenters. The third-order valence-corrected chi connectivity index (χ3v) is 4.42. The van der Waals surface area contributed by atoms with E-state index in [9.17, 15) is 19.7 Å². The third-order valence-electron chi connectivity index (χ3n) is 4.42. The fourth-order valence-corrected chi connectivity index (χ4v) is 2.89. The van der Waals surface area contributed by atoms with Gasteiger partial charge in [0.2, 0.25) is 5.91 Å². The predicted octanol–water partition coefficient (Wildman–Crippen LogP) is 4.15. The highest BCUT2D eigenvalue weighted by atomic mass is 16.6. The van der Waals surface area contributed by atoms with E-state index in [1.54, 1.807) is 13.0 Å². The molecule has 0 aliphatic rings. The van der Waals surface area contributed by atoms with Crippen molar-refractivity contribution in [1.82, 2.24) is 5.32 Å². The van der Waals surface area contributed by atoms with Crippen LogP contribution >= 0.6 is 0 Å². The summed E-state index contributed by atoms with van der Waals surface area (Å²) in [6.45, 7) is 6.27.